The number of nitrogens with one attached hydrogen (secondary N) is 1. The van der Waals surface area contributed by atoms with Crippen molar-refractivity contribution in [1.29, 1.82) is 0 Å². The highest BCUT2D eigenvalue weighted by Crippen LogP contribution is 2.35. The maximum atomic E-state index is 11.9. The molecule has 1 aromatic carbocycles. The van der Waals surface area contributed by atoms with Gasteiger partial charge in [-0.15, -0.1) is 0 Å². The first kappa shape index (κ1) is 19.0. The SMILES string of the molecule is COCCNC(=O)CN1CCN(c2ccc3ncccc3c2[N+](=O)[O-])CC1. The number of nitro groups is 1. The van der Waals surface area contributed by atoms with E-state index in [2.05, 4.69) is 10.3 Å². The van der Waals surface area contributed by atoms with E-state index in [1.807, 2.05) is 15.9 Å². The first-order valence-corrected chi connectivity index (χ1v) is 8.85. The van der Waals surface area contributed by atoms with Gasteiger partial charge in [-0.2, -0.15) is 0 Å². The molecule has 9 heteroatoms. The Morgan fingerprint density at radius 3 is 2.78 bits per heavy atom. The highest BCUT2D eigenvalue weighted by molar-refractivity contribution is 5.94. The summed E-state index contributed by atoms with van der Waals surface area (Å²) in [6.07, 6.45) is 1.63. The minimum absolute atomic E-state index is 0.0386. The summed E-state index contributed by atoms with van der Waals surface area (Å²) in [6.45, 7) is 3.88. The number of aromatic nitrogens is 1. The summed E-state index contributed by atoms with van der Waals surface area (Å²) >= 11 is 0. The van der Waals surface area contributed by atoms with Gasteiger partial charge in [0.05, 0.1) is 29.0 Å². The Morgan fingerprint density at radius 2 is 2.07 bits per heavy atom. The minimum Gasteiger partial charge on any atom is -0.383 e. The van der Waals surface area contributed by atoms with Gasteiger partial charge in [0.2, 0.25) is 5.91 Å². The molecule has 1 saturated heterocycles. The van der Waals surface area contributed by atoms with Crippen molar-refractivity contribution in [1.82, 2.24) is 15.2 Å². The number of methoxy groups -OCH3 is 1. The molecule has 1 amide bonds. The van der Waals surface area contributed by atoms with Crippen LogP contribution in [-0.2, 0) is 9.53 Å². The number of fused-ring (bicyclic) bond motifs is 1. The molecule has 3 rings (SSSR count). The lowest BCUT2D eigenvalue weighted by Crippen LogP contribution is -2.49. The number of hydrogen-bond donors (Lipinski definition) is 1. The number of ether oxygens (including phenoxy) is 1. The summed E-state index contributed by atoms with van der Waals surface area (Å²) in [5.41, 5.74) is 1.30. The van der Waals surface area contributed by atoms with Gasteiger partial charge >= 0.3 is 5.69 Å². The predicted molar refractivity (Wildman–Crippen MR) is 102 cm³/mol. The zero-order chi connectivity index (χ0) is 19.2. The fourth-order valence-electron chi connectivity index (χ4n) is 3.27. The fraction of sp³-hybridized carbons (Fsp3) is 0.444. The number of amides is 1. The molecule has 0 spiro atoms. The van der Waals surface area contributed by atoms with Crippen molar-refractivity contribution < 1.29 is 14.5 Å². The van der Waals surface area contributed by atoms with Crippen molar-refractivity contribution in [3.63, 3.8) is 0 Å². The molecule has 1 aliphatic heterocycles. The number of anilines is 1. The van der Waals surface area contributed by atoms with Crippen LogP contribution in [0.5, 0.6) is 0 Å². The number of pyridine rings is 1. The van der Waals surface area contributed by atoms with Crippen LogP contribution in [0.15, 0.2) is 30.5 Å². The molecule has 0 unspecified atom stereocenters. The van der Waals surface area contributed by atoms with Crippen molar-refractivity contribution in [2.24, 2.45) is 0 Å². The van der Waals surface area contributed by atoms with Crippen molar-refractivity contribution in [3.05, 3.63) is 40.6 Å². The molecule has 2 aromatic rings. The molecule has 0 saturated carbocycles. The molecule has 0 aliphatic carbocycles. The van der Waals surface area contributed by atoms with Crippen LogP contribution in [0.3, 0.4) is 0 Å². The van der Waals surface area contributed by atoms with E-state index in [0.717, 1.165) is 0 Å². The molecule has 144 valence electrons. The summed E-state index contributed by atoms with van der Waals surface area (Å²) < 4.78 is 4.91. The van der Waals surface area contributed by atoms with Gasteiger partial charge in [-0.05, 0) is 24.3 Å². The number of nitrogens with zero attached hydrogens (tertiary/aromatic N) is 4. The number of piperazine rings is 1. The second-order valence-electron chi connectivity index (χ2n) is 6.37. The van der Waals surface area contributed by atoms with E-state index in [-0.39, 0.29) is 16.5 Å². The first-order valence-electron chi connectivity index (χ1n) is 8.85. The van der Waals surface area contributed by atoms with Crippen LogP contribution in [0.25, 0.3) is 10.9 Å². The van der Waals surface area contributed by atoms with Crippen LogP contribution in [0, 0.1) is 10.1 Å². The van der Waals surface area contributed by atoms with Gasteiger partial charge in [0.15, 0.2) is 0 Å². The molecule has 0 atom stereocenters. The third-order valence-corrected chi connectivity index (χ3v) is 4.63. The average Bonchev–Trinajstić information content (AvgIpc) is 2.67. The van der Waals surface area contributed by atoms with Gasteiger partial charge in [0, 0.05) is 46.0 Å². The van der Waals surface area contributed by atoms with Crippen LogP contribution in [0.2, 0.25) is 0 Å². The fourth-order valence-corrected chi connectivity index (χ4v) is 3.27. The Hall–Kier alpha value is -2.78. The van der Waals surface area contributed by atoms with Crippen molar-refractivity contribution >= 4 is 28.2 Å². The first-order chi connectivity index (χ1) is 13.1. The Kier molecular flexibility index (Phi) is 6.15. The largest absolute Gasteiger partial charge is 0.383 e. The van der Waals surface area contributed by atoms with E-state index in [1.165, 1.54) is 0 Å². The van der Waals surface area contributed by atoms with Gasteiger partial charge in [-0.3, -0.25) is 24.8 Å². The monoisotopic (exact) mass is 373 g/mol. The third-order valence-electron chi connectivity index (χ3n) is 4.63. The normalized spacial score (nSPS) is 15.1. The van der Waals surface area contributed by atoms with E-state index in [1.54, 1.807) is 31.5 Å². The van der Waals surface area contributed by atoms with Gasteiger partial charge in [0.25, 0.3) is 0 Å². The molecule has 0 bridgehead atoms. The van der Waals surface area contributed by atoms with Gasteiger partial charge < -0.3 is 15.0 Å². The quantitative estimate of drug-likeness (QED) is 0.439. The Labute approximate surface area is 157 Å². The summed E-state index contributed by atoms with van der Waals surface area (Å²) in [5, 5.41) is 15.0. The van der Waals surface area contributed by atoms with E-state index in [4.69, 9.17) is 4.74 Å². The molecular weight excluding hydrogens is 350 g/mol. The lowest BCUT2D eigenvalue weighted by molar-refractivity contribution is -0.382. The van der Waals surface area contributed by atoms with Crippen LogP contribution < -0.4 is 10.2 Å². The number of rotatable bonds is 7. The molecule has 27 heavy (non-hydrogen) atoms. The summed E-state index contributed by atoms with van der Waals surface area (Å²) in [5.74, 6) is -0.0386. The van der Waals surface area contributed by atoms with Crippen molar-refractivity contribution in [3.8, 4) is 0 Å². The molecule has 2 heterocycles. The number of nitro benzene ring substituents is 1. The lowest BCUT2D eigenvalue weighted by Gasteiger charge is -2.35. The van der Waals surface area contributed by atoms with Crippen molar-refractivity contribution in [2.45, 2.75) is 0 Å². The van der Waals surface area contributed by atoms with Crippen LogP contribution >= 0.6 is 0 Å². The average molecular weight is 373 g/mol. The smallest absolute Gasteiger partial charge is 0.301 e. The van der Waals surface area contributed by atoms with Crippen molar-refractivity contribution in [2.75, 3.05) is 57.9 Å². The minimum atomic E-state index is -0.338. The zero-order valence-corrected chi connectivity index (χ0v) is 15.3. The second kappa shape index (κ2) is 8.74. The summed E-state index contributed by atoms with van der Waals surface area (Å²) in [6, 6.07) is 7.01. The molecule has 0 radical (unpaired) electrons. The lowest BCUT2D eigenvalue weighted by atomic mass is 10.1. The van der Waals surface area contributed by atoms with Crippen LogP contribution in [0.4, 0.5) is 11.4 Å². The second-order valence-corrected chi connectivity index (χ2v) is 6.37. The third kappa shape index (κ3) is 4.50. The Morgan fingerprint density at radius 1 is 1.30 bits per heavy atom. The van der Waals surface area contributed by atoms with E-state index in [0.29, 0.717) is 62.5 Å². The van der Waals surface area contributed by atoms with Gasteiger partial charge in [-0.1, -0.05) is 0 Å². The Balaban J connectivity index is 1.67. The number of carbonyl (C=O) groups excluding carboxylic acids is 1. The number of benzene rings is 1. The summed E-state index contributed by atoms with van der Waals surface area (Å²) in [4.78, 5) is 31.5. The summed E-state index contributed by atoms with van der Waals surface area (Å²) in [7, 11) is 1.59. The molecule has 9 nitrogen and oxygen atoms in total. The predicted octanol–water partition coefficient (Wildman–Crippen LogP) is 1.03. The topological polar surface area (TPSA) is 101 Å². The maximum Gasteiger partial charge on any atom is 0.301 e. The molecule has 1 N–H and O–H groups in total. The molecular formula is C18H23N5O4. The maximum absolute atomic E-state index is 11.9. The van der Waals surface area contributed by atoms with Crippen LogP contribution in [0.1, 0.15) is 0 Å². The molecule has 1 fully saturated rings. The highest BCUT2D eigenvalue weighted by atomic mass is 16.6. The highest BCUT2D eigenvalue weighted by Gasteiger charge is 2.26. The standard InChI is InChI=1S/C18H23N5O4/c1-27-12-7-20-17(24)13-21-8-10-22(11-9-21)16-5-4-15-14(3-2-6-19-15)18(16)23(25)26/h2-6H,7-13H2,1H3,(H,20,24). The molecule has 1 aromatic heterocycles. The Bertz CT molecular complexity index is 821. The van der Waals surface area contributed by atoms with E-state index in [9.17, 15) is 14.9 Å². The van der Waals surface area contributed by atoms with Gasteiger partial charge in [-0.25, -0.2) is 0 Å². The van der Waals surface area contributed by atoms with E-state index >= 15 is 0 Å². The number of hydrogen-bond acceptors (Lipinski definition) is 7. The molecule has 1 aliphatic rings. The van der Waals surface area contributed by atoms with E-state index < -0.39 is 0 Å². The zero-order valence-electron chi connectivity index (χ0n) is 15.3. The van der Waals surface area contributed by atoms with Crippen LogP contribution in [-0.4, -0.2) is 73.7 Å². The number of carbonyl (C=O) groups is 1. The van der Waals surface area contributed by atoms with Gasteiger partial charge in [0.1, 0.15) is 5.69 Å².